The summed E-state index contributed by atoms with van der Waals surface area (Å²) in [5, 5.41) is 18.0. The van der Waals surface area contributed by atoms with Crippen molar-refractivity contribution in [3.05, 3.63) is 89.4 Å². The highest BCUT2D eigenvalue weighted by molar-refractivity contribution is 9.10. The minimum absolute atomic E-state index is 0.299. The van der Waals surface area contributed by atoms with E-state index in [4.69, 9.17) is 14.9 Å². The summed E-state index contributed by atoms with van der Waals surface area (Å²) in [6, 6.07) is 6.23. The molecule has 2 N–H and O–H groups in total. The molecule has 0 atom stereocenters. The summed E-state index contributed by atoms with van der Waals surface area (Å²) in [6.45, 7) is 11.3. The Kier molecular flexibility index (Phi) is 14.3. The topological polar surface area (TPSA) is 49.7 Å². The van der Waals surface area contributed by atoms with Gasteiger partial charge in [0.2, 0.25) is 0 Å². The molecule has 1 saturated heterocycles. The lowest BCUT2D eigenvalue weighted by Gasteiger charge is -2.32. The zero-order valence-corrected chi connectivity index (χ0v) is 22.9. The third-order valence-corrected chi connectivity index (χ3v) is 5.82. The number of hydrogen-bond acceptors (Lipinski definition) is 3. The predicted octanol–water partition coefficient (Wildman–Crippen LogP) is 9.00. The Labute approximate surface area is 241 Å². The average molecular weight is 693 g/mol. The van der Waals surface area contributed by atoms with Crippen molar-refractivity contribution in [3.63, 3.8) is 0 Å². The minimum Gasteiger partial charge on any atom is -0.381 e. The van der Waals surface area contributed by atoms with Crippen LogP contribution in [0.25, 0.3) is 6.08 Å². The van der Waals surface area contributed by atoms with Crippen molar-refractivity contribution in [2.24, 2.45) is 0 Å². The Balaban J connectivity index is 0.000000652. The number of hydrogen-bond donors (Lipinski definition) is 2. The van der Waals surface area contributed by atoms with Gasteiger partial charge in [-0.2, -0.15) is 52.7 Å². The molecule has 0 bridgehead atoms. The van der Waals surface area contributed by atoms with Gasteiger partial charge in [-0.3, -0.25) is 0 Å². The Morgan fingerprint density at radius 1 is 0.595 bits per heavy atom. The van der Waals surface area contributed by atoms with E-state index in [0.29, 0.717) is 34.3 Å². The van der Waals surface area contributed by atoms with Gasteiger partial charge in [0.05, 0.1) is 0 Å². The van der Waals surface area contributed by atoms with Crippen molar-refractivity contribution >= 4 is 22.0 Å². The van der Waals surface area contributed by atoms with Gasteiger partial charge in [0.15, 0.2) is 0 Å². The lowest BCUT2D eigenvalue weighted by atomic mass is 9.91. The van der Waals surface area contributed by atoms with Crippen LogP contribution in [0, 0.1) is 0 Å². The maximum absolute atomic E-state index is 12.5. The molecule has 0 spiro atoms. The molecule has 1 heterocycles. The predicted molar refractivity (Wildman–Crippen MR) is 134 cm³/mol. The third-order valence-electron chi connectivity index (χ3n) is 5.29. The van der Waals surface area contributed by atoms with Crippen molar-refractivity contribution < 1.29 is 67.6 Å². The van der Waals surface area contributed by atoms with Gasteiger partial charge < -0.3 is 14.9 Å². The van der Waals surface area contributed by atoms with Crippen LogP contribution in [-0.2, 0) is 15.9 Å². The van der Waals surface area contributed by atoms with Crippen molar-refractivity contribution in [2.45, 2.75) is 48.7 Å². The van der Waals surface area contributed by atoms with E-state index in [9.17, 15) is 52.7 Å². The first-order chi connectivity index (χ1) is 19.0. The van der Waals surface area contributed by atoms with Crippen molar-refractivity contribution in [1.29, 1.82) is 0 Å². The second-order valence-electron chi connectivity index (χ2n) is 8.06. The molecule has 3 rings (SSSR count). The van der Waals surface area contributed by atoms with Crippen LogP contribution in [0.15, 0.2) is 72.7 Å². The number of benzene rings is 2. The summed E-state index contributed by atoms with van der Waals surface area (Å²) in [5.74, 6) is 0. The fourth-order valence-electron chi connectivity index (χ4n) is 3.04. The number of rotatable bonds is 3. The van der Waals surface area contributed by atoms with Gasteiger partial charge in [0, 0.05) is 28.8 Å². The molecular weight excluding hydrogens is 668 g/mol. The molecule has 1 fully saturated rings. The maximum atomic E-state index is 12.5. The largest absolute Gasteiger partial charge is 0.430 e. The highest BCUT2D eigenvalue weighted by Gasteiger charge is 2.72. The van der Waals surface area contributed by atoms with Crippen molar-refractivity contribution in [2.75, 3.05) is 13.2 Å². The minimum atomic E-state index is -5.86. The molecule has 42 heavy (non-hydrogen) atoms. The SMILES string of the molecule is C1CCOC1.C=C.C=Cc1ccc(C(O)(C(F)(F)F)C(F)(F)F)cc1.OC(c1ccc(Br)cc1)(C(F)(F)F)C(F)(F)F. The lowest BCUT2D eigenvalue weighted by Crippen LogP contribution is -2.53. The van der Waals surface area contributed by atoms with Gasteiger partial charge >= 0.3 is 24.7 Å². The monoisotopic (exact) mass is 692 g/mol. The molecule has 0 aromatic heterocycles. The standard InChI is InChI=1S/C11H8F6O.C9H5BrF6O.C4H8O.C2H4/c1-2-7-3-5-8(6-4-7)9(18,10(12,13)14)11(15,16)17;10-6-3-1-5(2-4-6)7(17,8(11,12)13)9(14,15)16;1-2-4-5-3-1;1-2/h2-6,18H,1H2;1-4,17H;1-4H2;1-2H2. The molecule has 3 nitrogen and oxygen atoms in total. The van der Waals surface area contributed by atoms with Crippen molar-refractivity contribution in [3.8, 4) is 0 Å². The highest BCUT2D eigenvalue weighted by Crippen LogP contribution is 2.51. The van der Waals surface area contributed by atoms with Crippen LogP contribution in [0.4, 0.5) is 52.7 Å². The maximum Gasteiger partial charge on any atom is 0.430 e. The average Bonchev–Trinajstić information content (AvgIpc) is 3.48. The third kappa shape index (κ3) is 9.47. The molecule has 1 aliphatic heterocycles. The fourth-order valence-corrected chi connectivity index (χ4v) is 3.30. The number of alkyl halides is 12. The zero-order valence-electron chi connectivity index (χ0n) is 21.4. The number of aliphatic hydroxyl groups is 2. The van der Waals surface area contributed by atoms with E-state index in [1.54, 1.807) is 0 Å². The van der Waals surface area contributed by atoms with Gasteiger partial charge in [-0.15, -0.1) is 13.2 Å². The first kappa shape index (κ1) is 39.4. The summed E-state index contributed by atoms with van der Waals surface area (Å²) in [6.07, 6.45) is -19.6. The molecule has 0 unspecified atom stereocenters. The van der Waals surface area contributed by atoms with E-state index in [1.165, 1.54) is 18.9 Å². The lowest BCUT2D eigenvalue weighted by molar-refractivity contribution is -0.376. The van der Waals surface area contributed by atoms with Gasteiger partial charge in [-0.1, -0.05) is 65.0 Å². The van der Waals surface area contributed by atoms with Crippen LogP contribution < -0.4 is 0 Å². The fraction of sp³-hybridized carbons (Fsp3) is 0.385. The molecule has 16 heteroatoms. The molecule has 0 saturated carbocycles. The molecule has 2 aromatic rings. The van der Waals surface area contributed by atoms with E-state index in [2.05, 4.69) is 35.7 Å². The van der Waals surface area contributed by atoms with Gasteiger partial charge in [-0.05, 0) is 30.5 Å². The highest BCUT2D eigenvalue weighted by atomic mass is 79.9. The van der Waals surface area contributed by atoms with E-state index >= 15 is 0 Å². The normalized spacial score (nSPS) is 14.4. The summed E-state index contributed by atoms with van der Waals surface area (Å²) in [5.41, 5.74) is -12.0. The van der Waals surface area contributed by atoms with E-state index in [-0.39, 0.29) is 0 Å². The summed E-state index contributed by atoms with van der Waals surface area (Å²) in [4.78, 5) is 0. The first-order valence-corrected chi connectivity index (χ1v) is 12.1. The molecule has 1 aliphatic rings. The van der Waals surface area contributed by atoms with Gasteiger partial charge in [-0.25, -0.2) is 0 Å². The molecule has 238 valence electrons. The van der Waals surface area contributed by atoms with Crippen LogP contribution in [0.5, 0.6) is 0 Å². The van der Waals surface area contributed by atoms with E-state index < -0.39 is 47.0 Å². The molecule has 0 radical (unpaired) electrons. The van der Waals surface area contributed by atoms with Crippen LogP contribution in [-0.4, -0.2) is 48.1 Å². The van der Waals surface area contributed by atoms with Gasteiger partial charge in [0.1, 0.15) is 0 Å². The zero-order chi connectivity index (χ0) is 33.2. The van der Waals surface area contributed by atoms with E-state index in [1.807, 2.05) is 0 Å². The summed E-state index contributed by atoms with van der Waals surface area (Å²) >= 11 is 2.87. The van der Waals surface area contributed by atoms with E-state index in [0.717, 1.165) is 37.5 Å². The molecule has 2 aromatic carbocycles. The summed E-state index contributed by atoms with van der Waals surface area (Å²) < 4.78 is 155. The Hall–Kier alpha value is -2.56. The quantitative estimate of drug-likeness (QED) is 0.249. The second kappa shape index (κ2) is 15.3. The molecule has 0 aliphatic carbocycles. The second-order valence-corrected chi connectivity index (χ2v) is 8.98. The first-order valence-electron chi connectivity index (χ1n) is 11.3. The van der Waals surface area contributed by atoms with Crippen LogP contribution >= 0.6 is 15.9 Å². The smallest absolute Gasteiger partial charge is 0.381 e. The molecular formula is C26H25BrF12O3. The number of ether oxygens (including phenoxy) is 1. The van der Waals surface area contributed by atoms with Crippen LogP contribution in [0.1, 0.15) is 29.5 Å². The van der Waals surface area contributed by atoms with Gasteiger partial charge in [0.25, 0.3) is 11.2 Å². The van der Waals surface area contributed by atoms with Crippen LogP contribution in [0.2, 0.25) is 0 Å². The van der Waals surface area contributed by atoms with Crippen LogP contribution in [0.3, 0.4) is 0 Å². The Morgan fingerprint density at radius 2 is 0.881 bits per heavy atom. The Bertz CT molecular complexity index is 1050. The molecule has 0 amide bonds. The number of halogens is 13. The Morgan fingerprint density at radius 3 is 1.10 bits per heavy atom. The summed E-state index contributed by atoms with van der Waals surface area (Å²) in [7, 11) is 0. The van der Waals surface area contributed by atoms with Crippen molar-refractivity contribution in [1.82, 2.24) is 0 Å².